The summed E-state index contributed by atoms with van der Waals surface area (Å²) in [5.74, 6) is -0.580. The summed E-state index contributed by atoms with van der Waals surface area (Å²) in [6.45, 7) is 1.73. The monoisotopic (exact) mass is 240 g/mol. The van der Waals surface area contributed by atoms with Crippen molar-refractivity contribution < 1.29 is 19.4 Å². The zero-order chi connectivity index (χ0) is 11.9. The smallest absolute Gasteiger partial charge is 0.307 e. The molecule has 0 bridgehead atoms. The second-order valence-electron chi connectivity index (χ2n) is 3.54. The van der Waals surface area contributed by atoms with Gasteiger partial charge in [-0.05, 0) is 19.1 Å². The van der Waals surface area contributed by atoms with E-state index in [2.05, 4.69) is 0 Å². The molecule has 84 valence electrons. The number of phenols is 1. The van der Waals surface area contributed by atoms with Gasteiger partial charge in [0.2, 0.25) is 0 Å². The molecule has 0 atom stereocenters. The van der Waals surface area contributed by atoms with Crippen LogP contribution in [0.3, 0.4) is 0 Å². The molecule has 1 heterocycles. The van der Waals surface area contributed by atoms with Crippen molar-refractivity contribution in [2.75, 3.05) is 0 Å². The van der Waals surface area contributed by atoms with Crippen LogP contribution in [0.15, 0.2) is 16.5 Å². The van der Waals surface area contributed by atoms with E-state index in [-0.39, 0.29) is 23.3 Å². The van der Waals surface area contributed by atoms with Crippen molar-refractivity contribution in [3.05, 3.63) is 28.5 Å². The quantitative estimate of drug-likeness (QED) is 0.847. The number of benzene rings is 1. The number of furan rings is 1. The fourth-order valence-corrected chi connectivity index (χ4v) is 1.88. The van der Waals surface area contributed by atoms with Crippen LogP contribution >= 0.6 is 11.6 Å². The molecule has 1 aromatic carbocycles. The van der Waals surface area contributed by atoms with E-state index in [1.165, 1.54) is 6.07 Å². The van der Waals surface area contributed by atoms with E-state index in [1.54, 1.807) is 13.0 Å². The molecule has 4 nitrogen and oxygen atoms in total. The first-order valence-corrected chi connectivity index (χ1v) is 4.99. The number of hydrogen-bond acceptors (Lipinski definition) is 3. The van der Waals surface area contributed by atoms with Gasteiger partial charge in [0.05, 0.1) is 11.4 Å². The largest absolute Gasteiger partial charge is 0.504 e. The maximum absolute atomic E-state index is 10.6. The number of rotatable bonds is 2. The molecule has 2 N–H and O–H groups in total. The van der Waals surface area contributed by atoms with Gasteiger partial charge in [-0.1, -0.05) is 11.6 Å². The second kappa shape index (κ2) is 3.72. The average molecular weight is 241 g/mol. The van der Waals surface area contributed by atoms with Gasteiger partial charge >= 0.3 is 5.97 Å². The van der Waals surface area contributed by atoms with Crippen LogP contribution in [0, 0.1) is 6.92 Å². The minimum absolute atomic E-state index is 0.157. The fraction of sp³-hybridized carbons (Fsp3) is 0.182. The molecule has 0 radical (unpaired) electrons. The molecule has 0 saturated heterocycles. The summed E-state index contributed by atoms with van der Waals surface area (Å²) in [5, 5.41) is 19.5. The Hall–Kier alpha value is -1.68. The van der Waals surface area contributed by atoms with Gasteiger partial charge in [0.15, 0.2) is 11.3 Å². The minimum atomic E-state index is -1.03. The molecule has 0 spiro atoms. The Labute approximate surface area is 96.1 Å². The highest BCUT2D eigenvalue weighted by molar-refractivity contribution is 6.35. The summed E-state index contributed by atoms with van der Waals surface area (Å²) in [6.07, 6.45) is -0.290. The van der Waals surface area contributed by atoms with Crippen molar-refractivity contribution in [1.29, 1.82) is 0 Å². The van der Waals surface area contributed by atoms with Gasteiger partial charge in [-0.2, -0.15) is 0 Å². The van der Waals surface area contributed by atoms with E-state index in [0.717, 1.165) is 0 Å². The van der Waals surface area contributed by atoms with Crippen LogP contribution in [0.2, 0.25) is 5.02 Å². The molecule has 0 fully saturated rings. The van der Waals surface area contributed by atoms with Gasteiger partial charge in [-0.15, -0.1) is 0 Å². The van der Waals surface area contributed by atoms with Crippen molar-refractivity contribution in [3.8, 4) is 5.75 Å². The number of phenolic OH excluding ortho intramolecular Hbond substituents is 1. The predicted molar refractivity (Wildman–Crippen MR) is 59.0 cm³/mol. The molecule has 2 rings (SSSR count). The van der Waals surface area contributed by atoms with E-state index in [4.69, 9.17) is 21.1 Å². The van der Waals surface area contributed by atoms with Crippen molar-refractivity contribution in [1.82, 2.24) is 0 Å². The van der Waals surface area contributed by atoms with Gasteiger partial charge < -0.3 is 14.6 Å². The van der Waals surface area contributed by atoms with Crippen LogP contribution in [-0.2, 0) is 11.2 Å². The number of carboxylic acids is 1. The number of carbonyl (C=O) groups is 1. The van der Waals surface area contributed by atoms with Crippen LogP contribution in [0.4, 0.5) is 0 Å². The van der Waals surface area contributed by atoms with Crippen molar-refractivity contribution in [2.45, 2.75) is 13.3 Å². The lowest BCUT2D eigenvalue weighted by Crippen LogP contribution is -2.00. The molecule has 0 amide bonds. The van der Waals surface area contributed by atoms with Crippen molar-refractivity contribution in [3.63, 3.8) is 0 Å². The number of aromatic hydroxyl groups is 1. The molecular weight excluding hydrogens is 232 g/mol. The van der Waals surface area contributed by atoms with E-state index in [9.17, 15) is 9.90 Å². The molecule has 0 saturated carbocycles. The highest BCUT2D eigenvalue weighted by Gasteiger charge is 2.16. The van der Waals surface area contributed by atoms with Crippen LogP contribution in [0.5, 0.6) is 5.75 Å². The number of fused-ring (bicyclic) bond motifs is 1. The van der Waals surface area contributed by atoms with E-state index < -0.39 is 5.97 Å². The summed E-state index contributed by atoms with van der Waals surface area (Å²) in [5.41, 5.74) is 0.487. The van der Waals surface area contributed by atoms with Crippen molar-refractivity contribution in [2.24, 2.45) is 0 Å². The minimum Gasteiger partial charge on any atom is -0.504 e. The van der Waals surface area contributed by atoms with Crippen molar-refractivity contribution >= 4 is 28.5 Å². The van der Waals surface area contributed by atoms with Gasteiger partial charge in [0.25, 0.3) is 0 Å². The lowest BCUT2D eigenvalue weighted by Gasteiger charge is -2.03. The number of aliphatic carboxylic acids is 1. The topological polar surface area (TPSA) is 70.7 Å². The molecule has 2 aromatic rings. The Kier molecular flexibility index (Phi) is 2.52. The van der Waals surface area contributed by atoms with E-state index in [0.29, 0.717) is 16.2 Å². The molecule has 0 aliphatic rings. The molecule has 0 aliphatic heterocycles. The standard InChI is InChI=1S/C11H9ClO4/c1-5-2-7-8(12)3-6(4-9(13)14)10(15)11(7)16-5/h2-3,15H,4H2,1H3,(H,13,14). The second-order valence-corrected chi connectivity index (χ2v) is 3.94. The van der Waals surface area contributed by atoms with Gasteiger partial charge in [0, 0.05) is 10.9 Å². The average Bonchev–Trinajstić information content (AvgIpc) is 2.56. The van der Waals surface area contributed by atoms with E-state index in [1.807, 2.05) is 0 Å². The first kappa shape index (κ1) is 10.8. The molecule has 0 aliphatic carbocycles. The van der Waals surface area contributed by atoms with Crippen LogP contribution in [-0.4, -0.2) is 16.2 Å². The number of carboxylic acid groups (broad SMARTS) is 1. The van der Waals surface area contributed by atoms with Crippen LogP contribution in [0.1, 0.15) is 11.3 Å². The molecule has 0 unspecified atom stereocenters. The summed E-state index contributed by atoms with van der Waals surface area (Å²) in [7, 11) is 0. The molecular formula is C11H9ClO4. The Balaban J connectivity index is 2.69. The Morgan fingerprint density at radius 1 is 1.50 bits per heavy atom. The number of aryl methyl sites for hydroxylation is 1. The zero-order valence-electron chi connectivity index (χ0n) is 8.45. The zero-order valence-corrected chi connectivity index (χ0v) is 9.21. The molecule has 5 heteroatoms. The third-order valence-corrected chi connectivity index (χ3v) is 2.59. The first-order chi connectivity index (χ1) is 7.49. The predicted octanol–water partition coefficient (Wildman–Crippen LogP) is 2.73. The maximum atomic E-state index is 10.6. The number of halogens is 1. The maximum Gasteiger partial charge on any atom is 0.307 e. The third-order valence-electron chi connectivity index (χ3n) is 2.27. The Morgan fingerprint density at radius 2 is 2.19 bits per heavy atom. The highest BCUT2D eigenvalue weighted by Crippen LogP contribution is 2.36. The van der Waals surface area contributed by atoms with Gasteiger partial charge in [-0.25, -0.2) is 0 Å². The lowest BCUT2D eigenvalue weighted by molar-refractivity contribution is -0.136. The fourth-order valence-electron chi connectivity index (χ4n) is 1.61. The summed E-state index contributed by atoms with van der Waals surface area (Å²) < 4.78 is 5.27. The summed E-state index contributed by atoms with van der Waals surface area (Å²) >= 11 is 5.97. The van der Waals surface area contributed by atoms with E-state index >= 15 is 0 Å². The van der Waals surface area contributed by atoms with Crippen LogP contribution < -0.4 is 0 Å². The summed E-state index contributed by atoms with van der Waals surface area (Å²) in [4.78, 5) is 10.6. The number of hydrogen-bond donors (Lipinski definition) is 2. The Bertz CT molecular complexity index is 571. The highest BCUT2D eigenvalue weighted by atomic mass is 35.5. The molecule has 16 heavy (non-hydrogen) atoms. The SMILES string of the molecule is Cc1cc2c(Cl)cc(CC(=O)O)c(O)c2o1. The van der Waals surface area contributed by atoms with Gasteiger partial charge in [0.1, 0.15) is 5.76 Å². The Morgan fingerprint density at radius 3 is 2.81 bits per heavy atom. The molecule has 1 aromatic heterocycles. The van der Waals surface area contributed by atoms with Gasteiger partial charge in [-0.3, -0.25) is 4.79 Å². The lowest BCUT2D eigenvalue weighted by atomic mass is 10.1. The third kappa shape index (κ3) is 1.72. The summed E-state index contributed by atoms with van der Waals surface area (Å²) in [6, 6.07) is 3.14. The normalized spacial score (nSPS) is 10.9. The van der Waals surface area contributed by atoms with Crippen LogP contribution in [0.25, 0.3) is 11.0 Å². The first-order valence-electron chi connectivity index (χ1n) is 4.61.